The Morgan fingerprint density at radius 2 is 1.69 bits per heavy atom. The van der Waals surface area contributed by atoms with Gasteiger partial charge in [-0.2, -0.15) is 0 Å². The van der Waals surface area contributed by atoms with Crippen molar-refractivity contribution in [3.05, 3.63) is 46.0 Å². The molecule has 0 radical (unpaired) electrons. The predicted molar refractivity (Wildman–Crippen MR) is 58.1 cm³/mol. The molecule has 0 N–H and O–H groups in total. The van der Waals surface area contributed by atoms with Gasteiger partial charge in [0.1, 0.15) is 0 Å². The van der Waals surface area contributed by atoms with Crippen LogP contribution >= 0.6 is 15.9 Å². The van der Waals surface area contributed by atoms with E-state index < -0.39 is 0 Å². The molecule has 0 amide bonds. The monoisotopic (exact) mass is 238 g/mol. The standard InChI is InChI=1S/C11H11BrO/c1-8(2)10(12)11(13)9-6-4-3-5-7-9/h3-7H,1-2H3. The first kappa shape index (κ1) is 10.2. The van der Waals surface area contributed by atoms with Crippen LogP contribution in [0.25, 0.3) is 0 Å². The van der Waals surface area contributed by atoms with E-state index in [-0.39, 0.29) is 5.78 Å². The van der Waals surface area contributed by atoms with Crippen molar-refractivity contribution in [3.63, 3.8) is 0 Å². The van der Waals surface area contributed by atoms with Crippen molar-refractivity contribution in [3.8, 4) is 0 Å². The zero-order chi connectivity index (χ0) is 9.84. The number of hydrogen-bond acceptors (Lipinski definition) is 1. The molecule has 13 heavy (non-hydrogen) atoms. The molecule has 1 nitrogen and oxygen atoms in total. The van der Waals surface area contributed by atoms with Crippen LogP contribution in [0.5, 0.6) is 0 Å². The van der Waals surface area contributed by atoms with Crippen LogP contribution in [-0.4, -0.2) is 5.78 Å². The van der Waals surface area contributed by atoms with Crippen LogP contribution in [0.2, 0.25) is 0 Å². The second-order valence-electron chi connectivity index (χ2n) is 3.01. The van der Waals surface area contributed by atoms with E-state index in [0.717, 1.165) is 11.1 Å². The molecular weight excluding hydrogens is 228 g/mol. The van der Waals surface area contributed by atoms with Crippen LogP contribution in [0, 0.1) is 0 Å². The Morgan fingerprint density at radius 3 is 2.15 bits per heavy atom. The predicted octanol–water partition coefficient (Wildman–Crippen LogP) is 3.56. The third-order valence-corrected chi connectivity index (χ3v) is 2.83. The molecule has 0 spiro atoms. The summed E-state index contributed by atoms with van der Waals surface area (Å²) >= 11 is 3.27. The number of benzene rings is 1. The SMILES string of the molecule is CC(C)=C(Br)C(=O)c1ccccc1. The first-order valence-corrected chi connectivity index (χ1v) is 4.85. The molecule has 0 heterocycles. The summed E-state index contributed by atoms with van der Waals surface area (Å²) in [5.74, 6) is 0.0422. The average Bonchev–Trinajstić information content (AvgIpc) is 2.17. The Kier molecular flexibility index (Phi) is 3.43. The highest BCUT2D eigenvalue weighted by Gasteiger charge is 2.09. The lowest BCUT2D eigenvalue weighted by Gasteiger charge is -2.00. The molecule has 0 aromatic heterocycles. The molecule has 0 saturated carbocycles. The van der Waals surface area contributed by atoms with Gasteiger partial charge in [0, 0.05) is 5.56 Å². The molecule has 0 bridgehead atoms. The van der Waals surface area contributed by atoms with Crippen molar-refractivity contribution in [1.29, 1.82) is 0 Å². The van der Waals surface area contributed by atoms with Crippen LogP contribution in [0.15, 0.2) is 40.4 Å². The number of carbonyl (C=O) groups excluding carboxylic acids is 1. The molecule has 0 aliphatic rings. The molecule has 0 fully saturated rings. The van der Waals surface area contributed by atoms with Gasteiger partial charge in [-0.05, 0) is 29.8 Å². The lowest BCUT2D eigenvalue weighted by Crippen LogP contribution is -1.99. The maximum Gasteiger partial charge on any atom is 0.199 e. The highest BCUT2D eigenvalue weighted by molar-refractivity contribution is 9.12. The van der Waals surface area contributed by atoms with Crippen molar-refractivity contribution in [2.75, 3.05) is 0 Å². The molecule has 0 unspecified atom stereocenters. The van der Waals surface area contributed by atoms with Gasteiger partial charge >= 0.3 is 0 Å². The molecule has 1 rings (SSSR count). The van der Waals surface area contributed by atoms with E-state index in [9.17, 15) is 4.79 Å². The lowest BCUT2D eigenvalue weighted by molar-refractivity contribution is 0.104. The molecule has 0 aliphatic carbocycles. The second-order valence-corrected chi connectivity index (χ2v) is 3.80. The summed E-state index contributed by atoms with van der Waals surface area (Å²) in [5, 5.41) is 0. The fourth-order valence-electron chi connectivity index (χ4n) is 0.943. The van der Waals surface area contributed by atoms with Crippen molar-refractivity contribution in [2.45, 2.75) is 13.8 Å². The summed E-state index contributed by atoms with van der Waals surface area (Å²) < 4.78 is 0.652. The average molecular weight is 239 g/mol. The van der Waals surface area contributed by atoms with Gasteiger partial charge < -0.3 is 0 Å². The van der Waals surface area contributed by atoms with Crippen LogP contribution in [0.4, 0.5) is 0 Å². The van der Waals surface area contributed by atoms with E-state index >= 15 is 0 Å². The van der Waals surface area contributed by atoms with Gasteiger partial charge in [-0.3, -0.25) is 4.79 Å². The summed E-state index contributed by atoms with van der Waals surface area (Å²) in [6, 6.07) is 9.24. The van der Waals surface area contributed by atoms with Gasteiger partial charge in [0.2, 0.25) is 0 Å². The second kappa shape index (κ2) is 4.38. The van der Waals surface area contributed by atoms with Crippen LogP contribution in [0.3, 0.4) is 0 Å². The molecular formula is C11H11BrO. The van der Waals surface area contributed by atoms with E-state index in [0.29, 0.717) is 4.48 Å². The fraction of sp³-hybridized carbons (Fsp3) is 0.182. The lowest BCUT2D eigenvalue weighted by atomic mass is 10.1. The van der Waals surface area contributed by atoms with E-state index in [4.69, 9.17) is 0 Å². The van der Waals surface area contributed by atoms with Crippen LogP contribution < -0.4 is 0 Å². The van der Waals surface area contributed by atoms with Crippen molar-refractivity contribution in [1.82, 2.24) is 0 Å². The third-order valence-electron chi connectivity index (χ3n) is 1.67. The summed E-state index contributed by atoms with van der Waals surface area (Å²) in [4.78, 5) is 11.7. The molecule has 2 heteroatoms. The fourth-order valence-corrected chi connectivity index (χ4v) is 1.17. The summed E-state index contributed by atoms with van der Waals surface area (Å²) in [6.45, 7) is 3.82. The zero-order valence-electron chi connectivity index (χ0n) is 7.67. The zero-order valence-corrected chi connectivity index (χ0v) is 9.26. The largest absolute Gasteiger partial charge is 0.288 e. The highest BCUT2D eigenvalue weighted by atomic mass is 79.9. The maximum atomic E-state index is 11.7. The minimum Gasteiger partial charge on any atom is -0.288 e. The minimum atomic E-state index is 0.0422. The van der Waals surface area contributed by atoms with Crippen molar-refractivity contribution >= 4 is 21.7 Å². The molecule has 0 saturated heterocycles. The molecule has 1 aromatic rings. The number of hydrogen-bond donors (Lipinski definition) is 0. The maximum absolute atomic E-state index is 11.7. The summed E-state index contributed by atoms with van der Waals surface area (Å²) in [7, 11) is 0. The Balaban J connectivity index is 3.00. The summed E-state index contributed by atoms with van der Waals surface area (Å²) in [6.07, 6.45) is 0. The quantitative estimate of drug-likeness (QED) is 0.569. The normalized spacial score (nSPS) is 9.46. The first-order valence-electron chi connectivity index (χ1n) is 4.05. The van der Waals surface area contributed by atoms with E-state index in [1.54, 1.807) is 0 Å². The number of carbonyl (C=O) groups is 1. The van der Waals surface area contributed by atoms with E-state index in [2.05, 4.69) is 15.9 Å². The third kappa shape index (κ3) is 2.52. The Hall–Kier alpha value is -0.890. The molecule has 0 aliphatic heterocycles. The number of ketones is 1. The topological polar surface area (TPSA) is 17.1 Å². The van der Waals surface area contributed by atoms with Crippen LogP contribution in [0.1, 0.15) is 24.2 Å². The number of halogens is 1. The van der Waals surface area contributed by atoms with Crippen molar-refractivity contribution in [2.24, 2.45) is 0 Å². The highest BCUT2D eigenvalue weighted by Crippen LogP contribution is 2.17. The molecule has 0 atom stereocenters. The Morgan fingerprint density at radius 1 is 1.15 bits per heavy atom. The molecule has 68 valence electrons. The Labute approximate surface area is 86.6 Å². The van der Waals surface area contributed by atoms with E-state index in [1.165, 1.54) is 0 Å². The summed E-state index contributed by atoms with van der Waals surface area (Å²) in [5.41, 5.74) is 1.71. The van der Waals surface area contributed by atoms with E-state index in [1.807, 2.05) is 44.2 Å². The number of Topliss-reactive ketones (excluding diaryl/α,β-unsaturated/α-hetero) is 1. The van der Waals surface area contributed by atoms with Crippen LogP contribution in [-0.2, 0) is 0 Å². The van der Waals surface area contributed by atoms with Gasteiger partial charge in [0.25, 0.3) is 0 Å². The van der Waals surface area contributed by atoms with Gasteiger partial charge in [-0.25, -0.2) is 0 Å². The minimum absolute atomic E-state index is 0.0422. The van der Waals surface area contributed by atoms with Gasteiger partial charge in [-0.1, -0.05) is 35.9 Å². The number of rotatable bonds is 2. The Bertz CT molecular complexity index is 334. The molecule has 1 aromatic carbocycles. The first-order chi connectivity index (χ1) is 6.13. The smallest absolute Gasteiger partial charge is 0.199 e. The van der Waals surface area contributed by atoms with Gasteiger partial charge in [-0.15, -0.1) is 0 Å². The van der Waals surface area contributed by atoms with Gasteiger partial charge in [0.15, 0.2) is 5.78 Å². The van der Waals surface area contributed by atoms with Crippen molar-refractivity contribution < 1.29 is 4.79 Å². The van der Waals surface area contributed by atoms with Gasteiger partial charge in [0.05, 0.1) is 4.48 Å². The number of allylic oxidation sites excluding steroid dienone is 2.